The molecule has 0 spiro atoms. The lowest BCUT2D eigenvalue weighted by Crippen LogP contribution is -2.06. The Morgan fingerprint density at radius 1 is 1.14 bits per heavy atom. The zero-order chi connectivity index (χ0) is 10.0. The molecule has 0 amide bonds. The van der Waals surface area contributed by atoms with Crippen LogP contribution in [-0.2, 0) is 0 Å². The fraction of sp³-hybridized carbons (Fsp3) is 0.429. The molecule has 0 nitrogen and oxygen atoms in total. The van der Waals surface area contributed by atoms with Crippen molar-refractivity contribution in [1.82, 2.24) is 0 Å². The zero-order valence-corrected chi connectivity index (χ0v) is 9.09. The molecule has 14 heavy (non-hydrogen) atoms. The molecule has 0 N–H and O–H groups in total. The van der Waals surface area contributed by atoms with Gasteiger partial charge in [0.25, 0.3) is 0 Å². The first-order chi connectivity index (χ1) is 6.68. The summed E-state index contributed by atoms with van der Waals surface area (Å²) in [6.45, 7) is 4.71. The standard InChI is InChI=1S/C14H18/c1-14(2)10-6-9-13(14)11-12-7-4-3-5-8-12/h3-5,7-8,11H,6,9-10H2,1-2H3. The molecule has 0 heteroatoms. The van der Waals surface area contributed by atoms with Crippen molar-refractivity contribution in [3.05, 3.63) is 41.5 Å². The van der Waals surface area contributed by atoms with Crippen LogP contribution in [0.25, 0.3) is 6.08 Å². The Balaban J connectivity index is 2.27. The highest BCUT2D eigenvalue weighted by Gasteiger charge is 2.28. The van der Waals surface area contributed by atoms with Crippen LogP contribution in [0.4, 0.5) is 0 Å². The summed E-state index contributed by atoms with van der Waals surface area (Å²) < 4.78 is 0. The molecule has 0 bridgehead atoms. The highest BCUT2D eigenvalue weighted by atomic mass is 14.3. The smallest absolute Gasteiger partial charge is 0.0141 e. The van der Waals surface area contributed by atoms with Crippen LogP contribution in [0.3, 0.4) is 0 Å². The number of allylic oxidation sites excluding steroid dienone is 1. The van der Waals surface area contributed by atoms with Gasteiger partial charge in [-0.05, 0) is 30.2 Å². The SMILES string of the molecule is CC1(C)CCCC1=Cc1ccccc1. The fourth-order valence-electron chi connectivity index (χ4n) is 2.24. The lowest BCUT2D eigenvalue weighted by atomic mass is 9.86. The number of hydrogen-bond donors (Lipinski definition) is 0. The molecular weight excluding hydrogens is 168 g/mol. The van der Waals surface area contributed by atoms with Gasteiger partial charge in [0.15, 0.2) is 0 Å². The Labute approximate surface area is 86.7 Å². The van der Waals surface area contributed by atoms with E-state index in [-0.39, 0.29) is 0 Å². The highest BCUT2D eigenvalue weighted by molar-refractivity contribution is 5.54. The van der Waals surface area contributed by atoms with E-state index in [0.29, 0.717) is 5.41 Å². The normalized spacial score (nSPS) is 22.9. The van der Waals surface area contributed by atoms with Crippen LogP contribution in [-0.4, -0.2) is 0 Å². The summed E-state index contributed by atoms with van der Waals surface area (Å²) in [4.78, 5) is 0. The van der Waals surface area contributed by atoms with Crippen molar-refractivity contribution in [1.29, 1.82) is 0 Å². The molecule has 1 aliphatic carbocycles. The van der Waals surface area contributed by atoms with Crippen molar-refractivity contribution in [3.63, 3.8) is 0 Å². The molecule has 0 heterocycles. The molecule has 0 aliphatic heterocycles. The van der Waals surface area contributed by atoms with E-state index in [9.17, 15) is 0 Å². The van der Waals surface area contributed by atoms with Gasteiger partial charge in [-0.25, -0.2) is 0 Å². The van der Waals surface area contributed by atoms with Gasteiger partial charge in [0.1, 0.15) is 0 Å². The van der Waals surface area contributed by atoms with E-state index in [1.807, 2.05) is 0 Å². The predicted molar refractivity (Wildman–Crippen MR) is 62.1 cm³/mol. The Morgan fingerprint density at radius 2 is 1.86 bits per heavy atom. The molecule has 0 radical (unpaired) electrons. The number of rotatable bonds is 1. The number of hydrogen-bond acceptors (Lipinski definition) is 0. The summed E-state index contributed by atoms with van der Waals surface area (Å²) in [5.41, 5.74) is 3.39. The van der Waals surface area contributed by atoms with Crippen LogP contribution < -0.4 is 0 Å². The second kappa shape index (κ2) is 3.61. The quantitative estimate of drug-likeness (QED) is 0.614. The number of benzene rings is 1. The van der Waals surface area contributed by atoms with Gasteiger partial charge in [0.05, 0.1) is 0 Å². The van der Waals surface area contributed by atoms with Crippen molar-refractivity contribution >= 4 is 6.08 Å². The molecule has 1 aromatic rings. The Morgan fingerprint density at radius 3 is 2.43 bits per heavy atom. The molecular formula is C14H18. The highest BCUT2D eigenvalue weighted by Crippen LogP contribution is 2.42. The molecule has 0 saturated heterocycles. The topological polar surface area (TPSA) is 0 Å². The van der Waals surface area contributed by atoms with E-state index in [1.165, 1.54) is 24.8 Å². The minimum absolute atomic E-state index is 0.426. The molecule has 0 unspecified atom stereocenters. The van der Waals surface area contributed by atoms with Crippen molar-refractivity contribution < 1.29 is 0 Å². The first-order valence-corrected chi connectivity index (χ1v) is 5.45. The van der Waals surface area contributed by atoms with Crippen molar-refractivity contribution in [3.8, 4) is 0 Å². The largest absolute Gasteiger partial charge is 0.0640 e. The van der Waals surface area contributed by atoms with E-state index in [0.717, 1.165) is 0 Å². The van der Waals surface area contributed by atoms with E-state index in [2.05, 4.69) is 50.3 Å². The molecule has 74 valence electrons. The van der Waals surface area contributed by atoms with Gasteiger partial charge in [0, 0.05) is 0 Å². The lowest BCUT2D eigenvalue weighted by Gasteiger charge is -2.19. The summed E-state index contributed by atoms with van der Waals surface area (Å²) in [7, 11) is 0. The molecule has 0 aromatic heterocycles. The van der Waals surface area contributed by atoms with Gasteiger partial charge in [0.2, 0.25) is 0 Å². The van der Waals surface area contributed by atoms with Gasteiger partial charge in [-0.15, -0.1) is 0 Å². The van der Waals surface area contributed by atoms with Crippen LogP contribution in [0.15, 0.2) is 35.9 Å². The zero-order valence-electron chi connectivity index (χ0n) is 9.09. The van der Waals surface area contributed by atoms with E-state index in [1.54, 1.807) is 5.57 Å². The minimum atomic E-state index is 0.426. The van der Waals surface area contributed by atoms with Crippen molar-refractivity contribution in [2.75, 3.05) is 0 Å². The fourth-order valence-corrected chi connectivity index (χ4v) is 2.24. The molecule has 0 atom stereocenters. The van der Waals surface area contributed by atoms with Gasteiger partial charge in [-0.1, -0.05) is 55.8 Å². The van der Waals surface area contributed by atoms with Crippen LogP contribution in [0.1, 0.15) is 38.7 Å². The molecule has 1 fully saturated rings. The minimum Gasteiger partial charge on any atom is -0.0640 e. The summed E-state index contributed by atoms with van der Waals surface area (Å²) in [6, 6.07) is 10.6. The molecule has 1 aromatic carbocycles. The average Bonchev–Trinajstić information content (AvgIpc) is 2.48. The Hall–Kier alpha value is -1.04. The second-order valence-electron chi connectivity index (χ2n) is 4.82. The molecule has 1 saturated carbocycles. The third-order valence-corrected chi connectivity index (χ3v) is 3.26. The predicted octanol–water partition coefficient (Wildman–Crippen LogP) is 4.28. The first-order valence-electron chi connectivity index (χ1n) is 5.45. The average molecular weight is 186 g/mol. The summed E-state index contributed by atoms with van der Waals surface area (Å²) >= 11 is 0. The van der Waals surface area contributed by atoms with Crippen molar-refractivity contribution in [2.45, 2.75) is 33.1 Å². The van der Waals surface area contributed by atoms with Crippen LogP contribution >= 0.6 is 0 Å². The van der Waals surface area contributed by atoms with E-state index < -0.39 is 0 Å². The van der Waals surface area contributed by atoms with Gasteiger partial charge >= 0.3 is 0 Å². The van der Waals surface area contributed by atoms with Crippen LogP contribution in [0.2, 0.25) is 0 Å². The first kappa shape index (κ1) is 9.51. The van der Waals surface area contributed by atoms with Gasteiger partial charge < -0.3 is 0 Å². The van der Waals surface area contributed by atoms with Gasteiger partial charge in [-0.3, -0.25) is 0 Å². The van der Waals surface area contributed by atoms with Gasteiger partial charge in [-0.2, -0.15) is 0 Å². The molecule has 1 aliphatic rings. The van der Waals surface area contributed by atoms with Crippen LogP contribution in [0.5, 0.6) is 0 Å². The van der Waals surface area contributed by atoms with E-state index in [4.69, 9.17) is 0 Å². The van der Waals surface area contributed by atoms with Crippen molar-refractivity contribution in [2.24, 2.45) is 5.41 Å². The Bertz CT molecular complexity index is 330. The second-order valence-corrected chi connectivity index (χ2v) is 4.82. The summed E-state index contributed by atoms with van der Waals surface area (Å²) in [6.07, 6.45) is 6.34. The summed E-state index contributed by atoms with van der Waals surface area (Å²) in [5.74, 6) is 0. The maximum atomic E-state index is 2.37. The van der Waals surface area contributed by atoms with Crippen LogP contribution in [0, 0.1) is 5.41 Å². The molecule has 2 rings (SSSR count). The third kappa shape index (κ3) is 1.89. The summed E-state index contributed by atoms with van der Waals surface area (Å²) in [5, 5.41) is 0. The maximum absolute atomic E-state index is 2.37. The van der Waals surface area contributed by atoms with E-state index >= 15 is 0 Å². The monoisotopic (exact) mass is 186 g/mol. The maximum Gasteiger partial charge on any atom is -0.0141 e. The lowest BCUT2D eigenvalue weighted by molar-refractivity contribution is 0.464. The Kier molecular flexibility index (Phi) is 2.45. The third-order valence-electron chi connectivity index (χ3n) is 3.26.